The molecular formula is C38H45AsClN3O7. The Balaban J connectivity index is 1.49. The predicted molar refractivity (Wildman–Crippen MR) is 195 cm³/mol. The number of pyridine rings is 1. The molecule has 0 amide bonds. The molecule has 1 unspecified atom stereocenters. The van der Waals surface area contributed by atoms with Crippen molar-refractivity contribution in [3.63, 3.8) is 0 Å². The number of nitrogens with one attached hydrogen (secondary N) is 1. The Bertz CT molecular complexity index is 1730. The number of hydrogen-bond acceptors (Lipinski definition) is 10. The van der Waals surface area contributed by atoms with Gasteiger partial charge in [0.15, 0.2) is 0 Å². The second kappa shape index (κ2) is 20.3. The minimum atomic E-state index is -0.599. The quantitative estimate of drug-likeness (QED) is 0.0621. The summed E-state index contributed by atoms with van der Waals surface area (Å²) in [7, 11) is 0. The fourth-order valence-corrected chi connectivity index (χ4v) is 7.72. The molecule has 0 bridgehead atoms. The van der Waals surface area contributed by atoms with Gasteiger partial charge in [-0.05, 0) is 12.1 Å². The average molecular weight is 766 g/mol. The van der Waals surface area contributed by atoms with Crippen LogP contribution in [-0.2, 0) is 19.8 Å². The van der Waals surface area contributed by atoms with Crippen LogP contribution in [0.2, 0.25) is 15.4 Å². The van der Waals surface area contributed by atoms with Gasteiger partial charge >= 0.3 is 162 Å². The van der Waals surface area contributed by atoms with Crippen LogP contribution < -0.4 is 19.5 Å². The zero-order valence-electron chi connectivity index (χ0n) is 28.4. The van der Waals surface area contributed by atoms with Crippen LogP contribution >= 0.6 is 11.6 Å². The second-order valence-electron chi connectivity index (χ2n) is 11.9. The van der Waals surface area contributed by atoms with Gasteiger partial charge < -0.3 is 20.3 Å². The van der Waals surface area contributed by atoms with Crippen LogP contribution in [0.15, 0.2) is 67.0 Å². The molecule has 2 atom stereocenters. The van der Waals surface area contributed by atoms with E-state index in [2.05, 4.69) is 42.4 Å². The normalized spacial score (nSPS) is 12.0. The van der Waals surface area contributed by atoms with Gasteiger partial charge in [-0.3, -0.25) is 4.98 Å². The van der Waals surface area contributed by atoms with Gasteiger partial charge in [0.05, 0.1) is 29.8 Å². The molecule has 1 heterocycles. The Hall–Kier alpha value is -3.65. The molecule has 0 saturated carbocycles. The predicted octanol–water partition coefficient (Wildman–Crippen LogP) is 4.89. The Morgan fingerprint density at radius 1 is 0.860 bits per heavy atom. The molecule has 0 aliphatic carbocycles. The Labute approximate surface area is 305 Å². The van der Waals surface area contributed by atoms with E-state index in [-0.39, 0.29) is 55.3 Å². The number of benzene rings is 3. The monoisotopic (exact) mass is 765 g/mol. The summed E-state index contributed by atoms with van der Waals surface area (Å²) in [5, 5.41) is 52.1. The molecule has 3 aromatic carbocycles. The molecule has 0 aliphatic heterocycles. The third kappa shape index (κ3) is 11.2. The number of rotatable bonds is 20. The first-order valence-corrected chi connectivity index (χ1v) is 19.8. The van der Waals surface area contributed by atoms with E-state index in [1.807, 2.05) is 24.3 Å². The second-order valence-corrected chi connectivity index (χ2v) is 15.2. The molecule has 4 rings (SSSR count). The van der Waals surface area contributed by atoms with Gasteiger partial charge in [-0.25, -0.2) is 0 Å². The van der Waals surface area contributed by atoms with Gasteiger partial charge in [-0.2, -0.15) is 5.26 Å². The van der Waals surface area contributed by atoms with E-state index in [4.69, 9.17) is 30.9 Å². The topological polar surface area (TPSA) is 157 Å². The van der Waals surface area contributed by atoms with Crippen molar-refractivity contribution >= 4 is 27.4 Å². The van der Waals surface area contributed by atoms with Crippen molar-refractivity contribution in [1.29, 1.82) is 5.26 Å². The number of nitrogens with zero attached hydrogens (tertiary/aromatic N) is 2. The van der Waals surface area contributed by atoms with Crippen LogP contribution in [0.3, 0.4) is 0 Å². The number of ether oxygens (including phenoxy) is 3. The molecular weight excluding hydrogens is 721 g/mol. The first-order chi connectivity index (χ1) is 24.3. The number of aromatic nitrogens is 1. The number of aliphatic hydroxyl groups is 4. The third-order valence-electron chi connectivity index (χ3n) is 8.20. The van der Waals surface area contributed by atoms with Gasteiger partial charge in [0.2, 0.25) is 0 Å². The van der Waals surface area contributed by atoms with Crippen molar-refractivity contribution in [2.75, 3.05) is 26.4 Å². The standard InChI is InChI=1S/C38H45AsClN3O7/c1-25-29(6-3-7-33(25)34-8-4-9-36(26(34)2)48-11-5-10-39-15-32(47)22-46)24-50-38-14-37(49-23-28-12-27(16-41)17-42-18-28)30(13-35(38)40)19-43-31(20-44)21-45/h3-4,6-9,12-14,17-18,31-32,39,43-47H,5,10-11,15,19-24H2,1-2H3/t32-/m1/s1. The molecule has 0 fully saturated rings. The molecule has 266 valence electrons. The zero-order chi connectivity index (χ0) is 35.9. The van der Waals surface area contributed by atoms with E-state index in [9.17, 15) is 20.6 Å². The van der Waals surface area contributed by atoms with E-state index in [1.165, 1.54) is 6.20 Å². The van der Waals surface area contributed by atoms with Gasteiger partial charge in [0, 0.05) is 36.1 Å². The van der Waals surface area contributed by atoms with E-state index in [0.29, 0.717) is 39.5 Å². The molecule has 4 aromatic rings. The van der Waals surface area contributed by atoms with Crippen LogP contribution in [0.25, 0.3) is 11.1 Å². The maximum atomic E-state index is 9.56. The Kier molecular flexibility index (Phi) is 15.9. The molecule has 10 nitrogen and oxygen atoms in total. The van der Waals surface area contributed by atoms with Gasteiger partial charge in [-0.1, -0.05) is 11.6 Å². The third-order valence-corrected chi connectivity index (χ3v) is 11.6. The summed E-state index contributed by atoms with van der Waals surface area (Å²) in [5.74, 6) is 1.77. The fraction of sp³-hybridized carbons (Fsp3) is 0.368. The number of halogens is 1. The summed E-state index contributed by atoms with van der Waals surface area (Å²) in [4.78, 5) is 4.11. The Morgan fingerprint density at radius 3 is 2.34 bits per heavy atom. The van der Waals surface area contributed by atoms with Crippen molar-refractivity contribution in [1.82, 2.24) is 10.3 Å². The van der Waals surface area contributed by atoms with Crippen molar-refractivity contribution in [2.45, 2.75) is 62.6 Å². The molecule has 0 spiro atoms. The molecule has 5 N–H and O–H groups in total. The Morgan fingerprint density at radius 2 is 1.60 bits per heavy atom. The average Bonchev–Trinajstić information content (AvgIpc) is 3.13. The van der Waals surface area contributed by atoms with E-state index >= 15 is 0 Å². The van der Waals surface area contributed by atoms with E-state index in [0.717, 1.165) is 50.8 Å². The summed E-state index contributed by atoms with van der Waals surface area (Å²) in [6, 6.07) is 18.9. The van der Waals surface area contributed by atoms with E-state index < -0.39 is 12.1 Å². The number of aliphatic hydroxyl groups excluding tert-OH is 4. The molecule has 50 heavy (non-hydrogen) atoms. The number of nitriles is 1. The van der Waals surface area contributed by atoms with Crippen LogP contribution in [-0.4, -0.2) is 79.7 Å². The van der Waals surface area contributed by atoms with Gasteiger partial charge in [0.25, 0.3) is 0 Å². The van der Waals surface area contributed by atoms with Crippen molar-refractivity contribution in [3.05, 3.63) is 105 Å². The minimum absolute atomic E-state index is 0.152. The van der Waals surface area contributed by atoms with Crippen molar-refractivity contribution in [3.8, 4) is 34.4 Å². The summed E-state index contributed by atoms with van der Waals surface area (Å²) in [6.07, 6.45) is 3.44. The maximum absolute atomic E-state index is 9.56. The van der Waals surface area contributed by atoms with Crippen molar-refractivity contribution < 1.29 is 34.6 Å². The first-order valence-electron chi connectivity index (χ1n) is 16.5. The van der Waals surface area contributed by atoms with Gasteiger partial charge in [-0.15, -0.1) is 0 Å². The molecule has 0 aliphatic rings. The summed E-state index contributed by atoms with van der Waals surface area (Å²) >= 11 is 6.42. The van der Waals surface area contributed by atoms with Crippen LogP contribution in [0.1, 0.15) is 39.8 Å². The number of hydrogen-bond donors (Lipinski definition) is 5. The van der Waals surface area contributed by atoms with Crippen LogP contribution in [0, 0.1) is 25.2 Å². The molecule has 0 radical (unpaired) electrons. The summed E-state index contributed by atoms with van der Waals surface area (Å²) in [5.41, 5.74) is 7.11. The van der Waals surface area contributed by atoms with Crippen LogP contribution in [0.4, 0.5) is 0 Å². The summed E-state index contributed by atoms with van der Waals surface area (Å²) in [6.45, 7) is 4.78. The molecule has 0 saturated heterocycles. The van der Waals surface area contributed by atoms with Crippen molar-refractivity contribution in [2.24, 2.45) is 0 Å². The zero-order valence-corrected chi connectivity index (χ0v) is 31.2. The summed E-state index contributed by atoms with van der Waals surface area (Å²) < 4.78 is 18.6. The van der Waals surface area contributed by atoms with Gasteiger partial charge in [0.1, 0.15) is 24.2 Å². The molecule has 12 heteroatoms. The first kappa shape index (κ1) is 39.1. The van der Waals surface area contributed by atoms with E-state index in [1.54, 1.807) is 24.4 Å². The fourth-order valence-electron chi connectivity index (χ4n) is 5.25. The SMILES string of the molecule is Cc1c(COc2cc(OCc3cncc(C#N)c3)c(CNC(CO)CO)cc2Cl)cccc1-c1cccc(OCCC[AsH]C[C@@H](O)CO)c1C. The van der Waals surface area contributed by atoms with Crippen LogP contribution in [0.5, 0.6) is 17.2 Å². The molecule has 1 aromatic heterocycles.